The number of nitrogens with two attached hydrogens (primary N) is 1. The number of nitrogens with zero attached hydrogens (tertiary/aromatic N) is 1. The van der Waals surface area contributed by atoms with Crippen molar-refractivity contribution in [3.63, 3.8) is 0 Å². The lowest BCUT2D eigenvalue weighted by Gasteiger charge is -2.09. The zero-order valence-corrected chi connectivity index (χ0v) is 12.2. The third-order valence-electron chi connectivity index (χ3n) is 2.68. The van der Waals surface area contributed by atoms with Crippen molar-refractivity contribution < 1.29 is 9.47 Å². The largest absolute Gasteiger partial charge is 0.497 e. The minimum atomic E-state index is 0.558. The van der Waals surface area contributed by atoms with Gasteiger partial charge in [-0.3, -0.25) is 5.43 Å². The Hall–Kier alpha value is -1.79. The van der Waals surface area contributed by atoms with Crippen molar-refractivity contribution in [2.45, 2.75) is 19.9 Å². The fraction of sp³-hybridized carbons (Fsp3) is 0.500. The van der Waals surface area contributed by atoms with Crippen molar-refractivity contribution in [3.05, 3.63) is 29.8 Å². The van der Waals surface area contributed by atoms with Crippen LogP contribution in [0.25, 0.3) is 0 Å². The smallest absolute Gasteiger partial charge is 0.206 e. The summed E-state index contributed by atoms with van der Waals surface area (Å²) in [4.78, 5) is 4.37. The summed E-state index contributed by atoms with van der Waals surface area (Å²) in [6.07, 6.45) is 0.914. The summed E-state index contributed by atoms with van der Waals surface area (Å²) in [7, 11) is 1.65. The normalized spacial score (nSPS) is 11.2. The quantitative estimate of drug-likeness (QED) is 0.218. The molecule has 0 aromatic heterocycles. The summed E-state index contributed by atoms with van der Waals surface area (Å²) < 4.78 is 10.4. The van der Waals surface area contributed by atoms with Crippen molar-refractivity contribution in [2.24, 2.45) is 10.8 Å². The standard InChI is InChI=1S/C14H24N4O2/c1-3-20-10-4-9-16-14(18-15)17-11-12-5-7-13(19-2)8-6-12/h5-8H,3-4,9-11,15H2,1-2H3,(H2,16,17,18). The second kappa shape index (κ2) is 10.1. The lowest BCUT2D eigenvalue weighted by atomic mass is 10.2. The van der Waals surface area contributed by atoms with Gasteiger partial charge in [0.1, 0.15) is 5.75 Å². The molecule has 0 unspecified atom stereocenters. The molecule has 6 nitrogen and oxygen atoms in total. The predicted octanol–water partition coefficient (Wildman–Crippen LogP) is 1.03. The number of benzene rings is 1. The number of nitrogens with one attached hydrogen (secondary N) is 2. The molecule has 4 N–H and O–H groups in total. The Morgan fingerprint density at radius 2 is 2.05 bits per heavy atom. The molecule has 1 aromatic carbocycles. The topological polar surface area (TPSA) is 80.9 Å². The number of rotatable bonds is 8. The molecule has 6 heteroatoms. The van der Waals surface area contributed by atoms with Crippen LogP contribution in [0.3, 0.4) is 0 Å². The Labute approximate surface area is 120 Å². The number of guanidine groups is 1. The molecule has 0 aliphatic rings. The molecular weight excluding hydrogens is 256 g/mol. The maximum atomic E-state index is 5.43. The third-order valence-corrected chi connectivity index (χ3v) is 2.68. The van der Waals surface area contributed by atoms with E-state index in [1.165, 1.54) is 0 Å². The Morgan fingerprint density at radius 1 is 1.30 bits per heavy atom. The summed E-state index contributed by atoms with van der Waals surface area (Å²) in [5.74, 6) is 6.85. The minimum absolute atomic E-state index is 0.558. The second-order valence-corrected chi connectivity index (χ2v) is 4.13. The minimum Gasteiger partial charge on any atom is -0.497 e. The molecule has 0 radical (unpaired) electrons. The molecule has 1 rings (SSSR count). The van der Waals surface area contributed by atoms with Gasteiger partial charge in [0.15, 0.2) is 0 Å². The predicted molar refractivity (Wildman–Crippen MR) is 80.6 cm³/mol. The first-order chi connectivity index (χ1) is 9.80. The number of hydrogen-bond donors (Lipinski definition) is 3. The van der Waals surface area contributed by atoms with E-state index in [-0.39, 0.29) is 0 Å². The number of hydrazine groups is 1. The van der Waals surface area contributed by atoms with Gasteiger partial charge in [-0.15, -0.1) is 0 Å². The highest BCUT2D eigenvalue weighted by Crippen LogP contribution is 2.11. The molecule has 1 aromatic rings. The van der Waals surface area contributed by atoms with Crippen LogP contribution in [0, 0.1) is 0 Å². The molecule has 0 aliphatic heterocycles. The summed E-state index contributed by atoms with van der Waals surface area (Å²) >= 11 is 0. The monoisotopic (exact) mass is 280 g/mol. The summed E-state index contributed by atoms with van der Waals surface area (Å²) in [5.41, 5.74) is 3.65. The fourth-order valence-corrected chi connectivity index (χ4v) is 1.58. The lowest BCUT2D eigenvalue weighted by molar-refractivity contribution is 0.145. The van der Waals surface area contributed by atoms with Crippen molar-refractivity contribution in [2.75, 3.05) is 26.9 Å². The second-order valence-electron chi connectivity index (χ2n) is 4.13. The van der Waals surface area contributed by atoms with E-state index in [0.29, 0.717) is 12.5 Å². The van der Waals surface area contributed by atoms with Crippen LogP contribution in [0.4, 0.5) is 0 Å². The Bertz CT molecular complexity index is 393. The van der Waals surface area contributed by atoms with Gasteiger partial charge in [0.2, 0.25) is 5.96 Å². The average molecular weight is 280 g/mol. The first kappa shape index (κ1) is 16.3. The van der Waals surface area contributed by atoms with Crippen molar-refractivity contribution >= 4 is 5.96 Å². The van der Waals surface area contributed by atoms with Gasteiger partial charge in [-0.2, -0.15) is 0 Å². The first-order valence-electron chi connectivity index (χ1n) is 6.75. The van der Waals surface area contributed by atoms with Crippen LogP contribution < -0.4 is 21.3 Å². The van der Waals surface area contributed by atoms with Gasteiger partial charge in [0.25, 0.3) is 0 Å². The van der Waals surface area contributed by atoms with Crippen LogP contribution >= 0.6 is 0 Å². The zero-order chi connectivity index (χ0) is 14.6. The van der Waals surface area contributed by atoms with Crippen molar-refractivity contribution in [3.8, 4) is 5.75 Å². The van der Waals surface area contributed by atoms with Gasteiger partial charge in [-0.05, 0) is 31.0 Å². The van der Waals surface area contributed by atoms with E-state index in [1.807, 2.05) is 31.2 Å². The first-order valence-corrected chi connectivity index (χ1v) is 6.75. The van der Waals surface area contributed by atoms with Gasteiger partial charge in [0.05, 0.1) is 13.7 Å². The zero-order valence-electron chi connectivity index (χ0n) is 12.2. The van der Waals surface area contributed by atoms with E-state index in [1.54, 1.807) is 7.11 Å². The molecule has 0 saturated carbocycles. The van der Waals surface area contributed by atoms with E-state index in [0.717, 1.165) is 37.5 Å². The highest BCUT2D eigenvalue weighted by Gasteiger charge is 1.97. The summed E-state index contributed by atoms with van der Waals surface area (Å²) in [5, 5.41) is 3.13. The number of aliphatic imine (C=N–C) groups is 1. The summed E-state index contributed by atoms with van der Waals surface area (Å²) in [6.45, 7) is 4.79. The Kier molecular flexibility index (Phi) is 8.17. The van der Waals surface area contributed by atoms with E-state index in [2.05, 4.69) is 15.7 Å². The molecule has 0 fully saturated rings. The molecule has 0 saturated heterocycles. The number of ether oxygens (including phenoxy) is 2. The van der Waals surface area contributed by atoms with E-state index >= 15 is 0 Å². The SMILES string of the molecule is CCOCCCNC(=NCc1ccc(OC)cc1)NN. The summed E-state index contributed by atoms with van der Waals surface area (Å²) in [6, 6.07) is 7.78. The maximum Gasteiger partial charge on any atom is 0.206 e. The molecular formula is C14H24N4O2. The highest BCUT2D eigenvalue weighted by atomic mass is 16.5. The van der Waals surface area contributed by atoms with E-state index in [4.69, 9.17) is 15.3 Å². The van der Waals surface area contributed by atoms with Gasteiger partial charge in [-0.25, -0.2) is 10.8 Å². The molecule has 0 spiro atoms. The van der Waals surface area contributed by atoms with E-state index < -0.39 is 0 Å². The van der Waals surface area contributed by atoms with Crippen LogP contribution in [0.1, 0.15) is 18.9 Å². The number of methoxy groups -OCH3 is 1. The fourth-order valence-electron chi connectivity index (χ4n) is 1.58. The molecule has 0 bridgehead atoms. The van der Waals surface area contributed by atoms with Crippen molar-refractivity contribution in [1.82, 2.24) is 10.7 Å². The van der Waals surface area contributed by atoms with Gasteiger partial charge < -0.3 is 14.8 Å². The van der Waals surface area contributed by atoms with Gasteiger partial charge >= 0.3 is 0 Å². The molecule has 0 heterocycles. The molecule has 0 aliphatic carbocycles. The Morgan fingerprint density at radius 3 is 2.65 bits per heavy atom. The highest BCUT2D eigenvalue weighted by molar-refractivity contribution is 5.79. The maximum absolute atomic E-state index is 5.43. The van der Waals surface area contributed by atoms with Gasteiger partial charge in [0, 0.05) is 19.8 Å². The van der Waals surface area contributed by atoms with Crippen LogP contribution in [-0.2, 0) is 11.3 Å². The molecule has 20 heavy (non-hydrogen) atoms. The van der Waals surface area contributed by atoms with E-state index in [9.17, 15) is 0 Å². The van der Waals surface area contributed by atoms with Crippen molar-refractivity contribution in [1.29, 1.82) is 0 Å². The number of hydrogen-bond acceptors (Lipinski definition) is 4. The van der Waals surface area contributed by atoms with Crippen LogP contribution in [-0.4, -0.2) is 32.8 Å². The Balaban J connectivity index is 2.35. The van der Waals surface area contributed by atoms with Gasteiger partial charge in [-0.1, -0.05) is 12.1 Å². The van der Waals surface area contributed by atoms with Crippen LogP contribution in [0.2, 0.25) is 0 Å². The lowest BCUT2D eigenvalue weighted by Crippen LogP contribution is -2.42. The van der Waals surface area contributed by atoms with Crippen LogP contribution in [0.15, 0.2) is 29.3 Å². The third kappa shape index (κ3) is 6.40. The average Bonchev–Trinajstić information content (AvgIpc) is 2.50. The molecule has 112 valence electrons. The molecule has 0 amide bonds. The molecule has 0 atom stereocenters. The van der Waals surface area contributed by atoms with Crippen LogP contribution in [0.5, 0.6) is 5.75 Å².